The first-order valence-corrected chi connectivity index (χ1v) is 5.78. The number of benzene rings is 1. The molecule has 90 valence electrons. The molecule has 1 aromatic heterocycles. The zero-order valence-electron chi connectivity index (χ0n) is 10.1. The summed E-state index contributed by atoms with van der Waals surface area (Å²) in [5.41, 5.74) is 2.25. The summed E-state index contributed by atoms with van der Waals surface area (Å²) in [6, 6.07) is 9.00. The Labute approximate surface area is 111 Å². The van der Waals surface area contributed by atoms with Crippen molar-refractivity contribution in [3.05, 3.63) is 52.3 Å². The van der Waals surface area contributed by atoms with Crippen molar-refractivity contribution in [1.82, 2.24) is 4.98 Å². The SMILES string of the molecule is Cc1cc(Oc2ccnc(C#N)c2)cc(C)c1Cl. The molecule has 0 unspecified atom stereocenters. The number of hydrogen-bond acceptors (Lipinski definition) is 3. The second kappa shape index (κ2) is 5.07. The summed E-state index contributed by atoms with van der Waals surface area (Å²) >= 11 is 6.09. The van der Waals surface area contributed by atoms with Gasteiger partial charge in [0.25, 0.3) is 0 Å². The van der Waals surface area contributed by atoms with E-state index in [1.54, 1.807) is 18.3 Å². The van der Waals surface area contributed by atoms with E-state index < -0.39 is 0 Å². The topological polar surface area (TPSA) is 45.9 Å². The number of aryl methyl sites for hydroxylation is 2. The van der Waals surface area contributed by atoms with Gasteiger partial charge in [0.2, 0.25) is 0 Å². The second-order valence-electron chi connectivity index (χ2n) is 3.96. The summed E-state index contributed by atoms with van der Waals surface area (Å²) in [5, 5.41) is 9.51. The first-order valence-electron chi connectivity index (χ1n) is 5.41. The highest BCUT2D eigenvalue weighted by atomic mass is 35.5. The van der Waals surface area contributed by atoms with Crippen molar-refractivity contribution >= 4 is 11.6 Å². The van der Waals surface area contributed by atoms with Crippen LogP contribution in [0.15, 0.2) is 30.5 Å². The van der Waals surface area contributed by atoms with Crippen LogP contribution in [0.2, 0.25) is 5.02 Å². The minimum Gasteiger partial charge on any atom is -0.457 e. The predicted octanol–water partition coefficient (Wildman–Crippen LogP) is 4.02. The van der Waals surface area contributed by atoms with Gasteiger partial charge < -0.3 is 4.74 Å². The monoisotopic (exact) mass is 258 g/mol. The Balaban J connectivity index is 2.32. The standard InChI is InChI=1S/C14H11ClN2O/c1-9-5-13(6-10(2)14(9)15)18-12-3-4-17-11(7-12)8-16/h3-7H,1-2H3. The number of halogens is 1. The van der Waals surface area contributed by atoms with Gasteiger partial charge in [0.1, 0.15) is 23.3 Å². The van der Waals surface area contributed by atoms with Crippen LogP contribution < -0.4 is 4.74 Å². The minimum absolute atomic E-state index is 0.329. The van der Waals surface area contributed by atoms with Gasteiger partial charge in [0, 0.05) is 17.3 Å². The fraction of sp³-hybridized carbons (Fsp3) is 0.143. The van der Waals surface area contributed by atoms with Crippen molar-refractivity contribution in [2.45, 2.75) is 13.8 Å². The summed E-state index contributed by atoms with van der Waals surface area (Å²) in [4.78, 5) is 3.89. The van der Waals surface area contributed by atoms with Crippen LogP contribution >= 0.6 is 11.6 Å². The van der Waals surface area contributed by atoms with Gasteiger partial charge in [-0.15, -0.1) is 0 Å². The lowest BCUT2D eigenvalue weighted by molar-refractivity contribution is 0.481. The number of rotatable bonds is 2. The van der Waals surface area contributed by atoms with E-state index in [2.05, 4.69) is 4.98 Å². The largest absolute Gasteiger partial charge is 0.457 e. The molecular weight excluding hydrogens is 248 g/mol. The molecule has 0 bridgehead atoms. The zero-order valence-corrected chi connectivity index (χ0v) is 10.8. The molecule has 0 radical (unpaired) electrons. The molecule has 0 saturated heterocycles. The number of ether oxygens (including phenoxy) is 1. The zero-order chi connectivity index (χ0) is 13.1. The quantitative estimate of drug-likeness (QED) is 0.817. The van der Waals surface area contributed by atoms with Crippen LogP contribution in [0.3, 0.4) is 0 Å². The van der Waals surface area contributed by atoms with E-state index in [1.807, 2.05) is 32.0 Å². The molecule has 3 nitrogen and oxygen atoms in total. The molecule has 1 aromatic carbocycles. The maximum absolute atomic E-state index is 8.77. The highest BCUT2D eigenvalue weighted by Crippen LogP contribution is 2.29. The van der Waals surface area contributed by atoms with Gasteiger partial charge >= 0.3 is 0 Å². The molecule has 4 heteroatoms. The smallest absolute Gasteiger partial charge is 0.144 e. The highest BCUT2D eigenvalue weighted by molar-refractivity contribution is 6.32. The maximum atomic E-state index is 8.77. The van der Waals surface area contributed by atoms with Crippen LogP contribution in [0.4, 0.5) is 0 Å². The van der Waals surface area contributed by atoms with Crippen LogP contribution in [0.1, 0.15) is 16.8 Å². The molecule has 2 aromatic rings. The molecule has 0 fully saturated rings. The van der Waals surface area contributed by atoms with E-state index >= 15 is 0 Å². The van der Waals surface area contributed by atoms with E-state index in [9.17, 15) is 0 Å². The summed E-state index contributed by atoms with van der Waals surface area (Å²) in [7, 11) is 0. The molecule has 18 heavy (non-hydrogen) atoms. The third-order valence-electron chi connectivity index (χ3n) is 2.49. The molecule has 0 aliphatic rings. The van der Waals surface area contributed by atoms with Gasteiger partial charge in [-0.1, -0.05) is 11.6 Å². The Kier molecular flexibility index (Phi) is 3.50. The fourth-order valence-corrected chi connectivity index (χ4v) is 1.75. The lowest BCUT2D eigenvalue weighted by Crippen LogP contribution is -1.90. The van der Waals surface area contributed by atoms with Crippen LogP contribution in [0, 0.1) is 25.2 Å². The Morgan fingerprint density at radius 2 is 1.83 bits per heavy atom. The number of pyridine rings is 1. The summed E-state index contributed by atoms with van der Waals surface area (Å²) < 4.78 is 5.69. The molecule has 0 amide bonds. The van der Waals surface area contributed by atoms with E-state index in [1.165, 1.54) is 0 Å². The van der Waals surface area contributed by atoms with E-state index in [0.717, 1.165) is 16.1 Å². The predicted molar refractivity (Wildman–Crippen MR) is 70.0 cm³/mol. The highest BCUT2D eigenvalue weighted by Gasteiger charge is 2.05. The first kappa shape index (κ1) is 12.4. The van der Waals surface area contributed by atoms with Crippen molar-refractivity contribution in [3.63, 3.8) is 0 Å². The van der Waals surface area contributed by atoms with Gasteiger partial charge in [-0.3, -0.25) is 0 Å². The molecule has 2 rings (SSSR count). The number of nitrogens with zero attached hydrogens (tertiary/aromatic N) is 2. The summed E-state index contributed by atoms with van der Waals surface area (Å²) in [5.74, 6) is 1.28. The molecule has 0 aliphatic carbocycles. The minimum atomic E-state index is 0.329. The van der Waals surface area contributed by atoms with Crippen molar-refractivity contribution in [2.24, 2.45) is 0 Å². The van der Waals surface area contributed by atoms with E-state index in [0.29, 0.717) is 17.2 Å². The molecular formula is C14H11ClN2O. The number of hydrogen-bond donors (Lipinski definition) is 0. The Bertz CT molecular complexity index is 609. The number of nitriles is 1. The molecule has 0 aliphatic heterocycles. The van der Waals surface area contributed by atoms with Crippen LogP contribution in [-0.2, 0) is 0 Å². The van der Waals surface area contributed by atoms with Crippen molar-refractivity contribution < 1.29 is 4.74 Å². The second-order valence-corrected chi connectivity index (χ2v) is 4.34. The van der Waals surface area contributed by atoms with E-state index in [-0.39, 0.29) is 0 Å². The van der Waals surface area contributed by atoms with Gasteiger partial charge in [0.15, 0.2) is 0 Å². The van der Waals surface area contributed by atoms with Gasteiger partial charge in [0.05, 0.1) is 0 Å². The molecule has 0 spiro atoms. The average molecular weight is 259 g/mol. The maximum Gasteiger partial charge on any atom is 0.144 e. The Morgan fingerprint density at radius 1 is 1.17 bits per heavy atom. The molecule has 1 heterocycles. The Hall–Kier alpha value is -2.05. The van der Waals surface area contributed by atoms with Crippen molar-refractivity contribution in [2.75, 3.05) is 0 Å². The third kappa shape index (κ3) is 2.61. The molecule has 0 N–H and O–H groups in total. The summed E-state index contributed by atoms with van der Waals surface area (Å²) in [6.07, 6.45) is 1.55. The van der Waals surface area contributed by atoms with Crippen LogP contribution in [0.5, 0.6) is 11.5 Å². The van der Waals surface area contributed by atoms with Crippen LogP contribution in [-0.4, -0.2) is 4.98 Å². The van der Waals surface area contributed by atoms with Gasteiger partial charge in [-0.25, -0.2) is 4.98 Å². The van der Waals surface area contributed by atoms with E-state index in [4.69, 9.17) is 21.6 Å². The molecule has 0 saturated carbocycles. The fourth-order valence-electron chi connectivity index (χ4n) is 1.64. The summed E-state index contributed by atoms with van der Waals surface area (Å²) in [6.45, 7) is 3.85. The van der Waals surface area contributed by atoms with Crippen molar-refractivity contribution in [1.29, 1.82) is 5.26 Å². The number of aromatic nitrogens is 1. The van der Waals surface area contributed by atoms with Crippen LogP contribution in [0.25, 0.3) is 0 Å². The van der Waals surface area contributed by atoms with Crippen molar-refractivity contribution in [3.8, 4) is 17.6 Å². The lowest BCUT2D eigenvalue weighted by Gasteiger charge is -2.09. The lowest BCUT2D eigenvalue weighted by atomic mass is 10.1. The van der Waals surface area contributed by atoms with Gasteiger partial charge in [-0.2, -0.15) is 5.26 Å². The third-order valence-corrected chi connectivity index (χ3v) is 3.09. The normalized spacial score (nSPS) is 9.89. The molecule has 0 atom stereocenters. The average Bonchev–Trinajstić information content (AvgIpc) is 2.36. The van der Waals surface area contributed by atoms with Gasteiger partial charge in [-0.05, 0) is 43.2 Å². The Morgan fingerprint density at radius 3 is 2.44 bits per heavy atom. The first-order chi connectivity index (χ1) is 8.60.